The molecule has 2 saturated heterocycles. The quantitative estimate of drug-likeness (QED) is 0.105. The average molecular weight is 749 g/mol. The van der Waals surface area contributed by atoms with Gasteiger partial charge in [0.05, 0.1) is 18.2 Å². The second-order valence-electron chi connectivity index (χ2n) is 13.2. The summed E-state index contributed by atoms with van der Waals surface area (Å²) in [7, 11) is 1.83. The Balaban J connectivity index is 0.00000113. The first kappa shape index (κ1) is 40.6. The zero-order valence-corrected chi connectivity index (χ0v) is 32.6. The second-order valence-corrected chi connectivity index (χ2v) is 14.0. The molecule has 0 saturated carbocycles. The van der Waals surface area contributed by atoms with E-state index in [0.717, 1.165) is 54.9 Å². The molecule has 0 aliphatic carbocycles. The van der Waals surface area contributed by atoms with Crippen molar-refractivity contribution in [2.45, 2.75) is 52.9 Å². The molecule has 3 aromatic rings. The van der Waals surface area contributed by atoms with Gasteiger partial charge in [0.25, 0.3) is 0 Å². The molecule has 2 aliphatic heterocycles. The van der Waals surface area contributed by atoms with E-state index in [1.165, 1.54) is 12.8 Å². The number of allylic oxidation sites excluding steroid dienone is 1. The van der Waals surface area contributed by atoms with Crippen LogP contribution in [0.15, 0.2) is 84.0 Å². The van der Waals surface area contributed by atoms with Crippen molar-refractivity contribution < 1.29 is 19.0 Å². The van der Waals surface area contributed by atoms with E-state index < -0.39 is 5.79 Å². The number of nitrogens with zero attached hydrogens (tertiary/aromatic N) is 5. The number of likely N-dealkylation sites (N-methyl/N-ethyl adjacent to an activating group) is 1. The highest BCUT2D eigenvalue weighted by atomic mass is 35.5. The normalized spacial score (nSPS) is 18.7. The molecule has 2 heterocycles. The van der Waals surface area contributed by atoms with Crippen LogP contribution in [-0.2, 0) is 20.1 Å². The number of hydrogen-bond donors (Lipinski definition) is 0. The number of carbonyl (C=O) groups is 1. The Morgan fingerprint density at radius 3 is 2.17 bits per heavy atom. The van der Waals surface area contributed by atoms with E-state index >= 15 is 0 Å². The maximum atomic E-state index is 12.0. The molecule has 5 rings (SSSR count). The Morgan fingerprint density at radius 2 is 1.65 bits per heavy atom. The molecule has 9 nitrogen and oxygen atoms in total. The number of halogens is 2. The number of carbonyl (C=O) groups excluding carboxylic acids is 1. The number of rotatable bonds is 12. The molecule has 3 aromatic carbocycles. The smallest absolute Gasteiger partial charge is 0.227 e. The fraction of sp³-hybridized carbons (Fsp3) is 0.415. The second kappa shape index (κ2) is 19.6. The van der Waals surface area contributed by atoms with Crippen molar-refractivity contribution in [1.82, 2.24) is 4.90 Å². The van der Waals surface area contributed by atoms with Crippen molar-refractivity contribution in [3.8, 4) is 18.2 Å². The molecule has 2 atom stereocenters. The van der Waals surface area contributed by atoms with Crippen molar-refractivity contribution in [3.05, 3.63) is 94.6 Å². The lowest BCUT2D eigenvalue weighted by Gasteiger charge is -2.37. The number of hydrogen-bond acceptors (Lipinski definition) is 7. The minimum Gasteiger partial charge on any atom is -0.491 e. The van der Waals surface area contributed by atoms with Crippen LogP contribution < -0.4 is 19.4 Å². The highest BCUT2D eigenvalue weighted by Gasteiger charge is 2.45. The van der Waals surface area contributed by atoms with E-state index in [1.54, 1.807) is 35.1 Å². The Bertz CT molecular complexity index is 1680. The largest absolute Gasteiger partial charge is 0.491 e. The van der Waals surface area contributed by atoms with E-state index in [9.17, 15) is 4.79 Å². The number of ether oxygens (including phenoxy) is 3. The van der Waals surface area contributed by atoms with Gasteiger partial charge in [-0.05, 0) is 73.5 Å². The van der Waals surface area contributed by atoms with Crippen molar-refractivity contribution in [2.24, 2.45) is 10.9 Å². The molecule has 278 valence electrons. The molecule has 2 fully saturated rings. The van der Waals surface area contributed by atoms with Crippen molar-refractivity contribution in [1.29, 1.82) is 0 Å². The van der Waals surface area contributed by atoms with Gasteiger partial charge in [0.15, 0.2) is 0 Å². The Kier molecular flexibility index (Phi) is 15.3. The van der Waals surface area contributed by atoms with Gasteiger partial charge >= 0.3 is 0 Å². The highest BCUT2D eigenvalue weighted by Crippen LogP contribution is 2.40. The first-order valence-electron chi connectivity index (χ1n) is 17.7. The molecule has 0 spiro atoms. The average Bonchev–Trinajstić information content (AvgIpc) is 3.55. The zero-order valence-electron chi connectivity index (χ0n) is 31.1. The van der Waals surface area contributed by atoms with Crippen LogP contribution in [0.4, 0.5) is 17.1 Å². The van der Waals surface area contributed by atoms with Crippen LogP contribution in [0.1, 0.15) is 46.6 Å². The Morgan fingerprint density at radius 1 is 1.06 bits per heavy atom. The topological polar surface area (TPSA) is 70.1 Å². The number of benzene rings is 3. The summed E-state index contributed by atoms with van der Waals surface area (Å²) < 4.78 is 18.9. The summed E-state index contributed by atoms with van der Waals surface area (Å²) in [6.07, 6.45) is 11.4. The van der Waals surface area contributed by atoms with Crippen LogP contribution >= 0.6 is 23.2 Å². The predicted molar refractivity (Wildman–Crippen MR) is 215 cm³/mol. The van der Waals surface area contributed by atoms with Crippen molar-refractivity contribution in [2.75, 3.05) is 67.7 Å². The third-order valence-electron chi connectivity index (χ3n) is 8.85. The zero-order chi connectivity index (χ0) is 37.7. The molecule has 0 N–H and O–H groups in total. The Hall–Kier alpha value is -4.20. The molecule has 52 heavy (non-hydrogen) atoms. The maximum Gasteiger partial charge on any atom is 0.227 e. The van der Waals surface area contributed by atoms with Gasteiger partial charge in [-0.3, -0.25) is 9.69 Å². The van der Waals surface area contributed by atoms with Gasteiger partial charge < -0.3 is 28.9 Å². The predicted octanol–water partition coefficient (Wildman–Crippen LogP) is 8.46. The molecular formula is C41H51Cl2N5O4. The first-order chi connectivity index (χ1) is 25.0. The molecule has 1 amide bonds. The number of anilines is 3. The Labute approximate surface area is 319 Å². The molecule has 0 aromatic heterocycles. The minimum atomic E-state index is -1.15. The van der Waals surface area contributed by atoms with Gasteiger partial charge in [-0.15, -0.1) is 0 Å². The lowest BCUT2D eigenvalue weighted by atomic mass is 10.1. The summed E-state index contributed by atoms with van der Waals surface area (Å²) in [5, 5.41) is 0.963. The molecule has 2 unspecified atom stereocenters. The molecule has 0 radical (unpaired) electrons. The van der Waals surface area contributed by atoms with Crippen LogP contribution in [0, 0.1) is 18.4 Å². The van der Waals surface area contributed by atoms with E-state index in [4.69, 9.17) is 43.8 Å². The summed E-state index contributed by atoms with van der Waals surface area (Å²) in [4.78, 5) is 24.0. The van der Waals surface area contributed by atoms with Crippen LogP contribution in [0.2, 0.25) is 10.0 Å². The van der Waals surface area contributed by atoms with Crippen LogP contribution in [0.5, 0.6) is 5.75 Å². The maximum absolute atomic E-state index is 12.0. The summed E-state index contributed by atoms with van der Waals surface area (Å²) in [6.45, 7) is 14.6. The van der Waals surface area contributed by atoms with Gasteiger partial charge in [0, 0.05) is 80.0 Å². The number of amides is 1. The summed E-state index contributed by atoms with van der Waals surface area (Å²) in [5.41, 5.74) is 3.81. The minimum absolute atomic E-state index is 0.0185. The third-order valence-corrected chi connectivity index (χ3v) is 9.40. The molecule has 11 heteroatoms. The molecule has 0 bridgehead atoms. The lowest BCUT2D eigenvalue weighted by molar-refractivity contribution is -0.184. The van der Waals surface area contributed by atoms with Crippen LogP contribution in [0.25, 0.3) is 0 Å². The number of piperazine rings is 1. The summed E-state index contributed by atoms with van der Waals surface area (Å²) in [5.74, 6) is 0.458. The SMILES string of the molecule is C#CN=CN(C)CC1(c2ccc(Cl)cc2Cl)OCC(COc2ccc(N3CCN(c4ccc(N(/C=C\C)C(C)=O)cc4)CC3)cc2)O1.CCC(C)C. The van der Waals surface area contributed by atoms with Gasteiger partial charge in [-0.1, -0.05) is 69.0 Å². The lowest BCUT2D eigenvalue weighted by Crippen LogP contribution is -2.46. The van der Waals surface area contributed by atoms with Crippen LogP contribution in [-0.4, -0.2) is 76.2 Å². The fourth-order valence-corrected chi connectivity index (χ4v) is 6.32. The van der Waals surface area contributed by atoms with Crippen molar-refractivity contribution in [3.63, 3.8) is 0 Å². The number of aliphatic imine (C=N–C) groups is 1. The highest BCUT2D eigenvalue weighted by molar-refractivity contribution is 6.35. The van der Waals surface area contributed by atoms with E-state index in [0.29, 0.717) is 35.4 Å². The van der Waals surface area contributed by atoms with Gasteiger partial charge in [0.2, 0.25) is 11.7 Å². The van der Waals surface area contributed by atoms with E-state index in [1.807, 2.05) is 50.4 Å². The van der Waals surface area contributed by atoms with Crippen LogP contribution in [0.3, 0.4) is 0 Å². The monoisotopic (exact) mass is 747 g/mol. The molecular weight excluding hydrogens is 697 g/mol. The standard InChI is InChI=1S/C36H39Cl2N5O4.C5H12/c1-5-17-43(27(3)44)31-10-8-29(9-11-31)41-18-20-42(21-19-41)30-12-14-32(15-13-30)45-23-33-24-46-36(47-33,25-40(4)26-39-6-2)34-16-7-28(37)22-35(34)38;1-4-5(2)3/h2,5,7-17,22,26,33H,18-21,23-25H2,1,3-4H3;5H,4H2,1-3H3/b17-5-,39-26?;. The fourth-order valence-electron chi connectivity index (χ4n) is 5.77. The van der Waals surface area contributed by atoms with Gasteiger partial charge in [-0.2, -0.15) is 4.99 Å². The number of terminal acetylenes is 1. The van der Waals surface area contributed by atoms with E-state index in [-0.39, 0.29) is 12.0 Å². The van der Waals surface area contributed by atoms with E-state index in [2.05, 4.69) is 65.9 Å². The molecule has 2 aliphatic rings. The third kappa shape index (κ3) is 11.1. The summed E-state index contributed by atoms with van der Waals surface area (Å²) in [6, 6.07) is 23.8. The summed E-state index contributed by atoms with van der Waals surface area (Å²) >= 11 is 12.7. The van der Waals surface area contributed by atoms with Gasteiger partial charge in [0.1, 0.15) is 24.8 Å². The van der Waals surface area contributed by atoms with Gasteiger partial charge in [-0.25, -0.2) is 0 Å². The van der Waals surface area contributed by atoms with Crippen molar-refractivity contribution >= 4 is 52.5 Å². The first-order valence-corrected chi connectivity index (χ1v) is 18.5.